The maximum absolute atomic E-state index is 12.9. The van der Waals surface area contributed by atoms with Crippen molar-refractivity contribution in [2.24, 2.45) is 5.92 Å². The van der Waals surface area contributed by atoms with Crippen LogP contribution >= 0.6 is 0 Å². The fraction of sp³-hybridized carbons (Fsp3) is 0.379. The first-order valence-electron chi connectivity index (χ1n) is 12.9. The molecule has 1 fully saturated rings. The van der Waals surface area contributed by atoms with Crippen molar-refractivity contribution in [1.82, 2.24) is 25.3 Å². The van der Waals surface area contributed by atoms with Crippen molar-refractivity contribution in [3.63, 3.8) is 0 Å². The summed E-state index contributed by atoms with van der Waals surface area (Å²) in [7, 11) is 1.66. The lowest BCUT2D eigenvalue weighted by Gasteiger charge is -2.32. The zero-order chi connectivity index (χ0) is 25.9. The van der Waals surface area contributed by atoms with Gasteiger partial charge in [-0.05, 0) is 62.4 Å². The highest BCUT2D eigenvalue weighted by molar-refractivity contribution is 5.92. The molecular weight excluding hydrogens is 464 g/mol. The van der Waals surface area contributed by atoms with Gasteiger partial charge in [-0.1, -0.05) is 37.3 Å². The number of hydrogen-bond donors (Lipinski definition) is 1. The Kier molecular flexibility index (Phi) is 7.08. The van der Waals surface area contributed by atoms with E-state index < -0.39 is 0 Å². The smallest absolute Gasteiger partial charge is 0.223 e. The number of ether oxygens (including phenoxy) is 1. The van der Waals surface area contributed by atoms with Crippen LogP contribution in [0.1, 0.15) is 42.6 Å². The summed E-state index contributed by atoms with van der Waals surface area (Å²) >= 11 is 0. The number of anilines is 1. The Balaban J connectivity index is 1.28. The summed E-state index contributed by atoms with van der Waals surface area (Å²) in [6.45, 7) is 8.31. The lowest BCUT2D eigenvalue weighted by molar-refractivity contribution is -0.125. The van der Waals surface area contributed by atoms with Crippen LogP contribution in [0, 0.1) is 19.8 Å². The molecule has 2 aromatic carbocycles. The molecule has 1 atom stereocenters. The molecule has 4 aromatic rings. The molecule has 0 bridgehead atoms. The van der Waals surface area contributed by atoms with Crippen molar-refractivity contribution in [1.29, 1.82) is 0 Å². The Morgan fingerprint density at radius 3 is 2.43 bits per heavy atom. The number of nitrogens with zero attached hydrogens (tertiary/aromatic N) is 5. The van der Waals surface area contributed by atoms with Gasteiger partial charge in [-0.3, -0.25) is 4.79 Å². The SMILES string of the molecule is COc1ccc(-n2nc3c(N4CCC(C(=O)NC[C@@H](C)c5ccccc5)CC4)nnc(C)c3c2C)cc1. The minimum atomic E-state index is 0.00622. The second kappa shape index (κ2) is 10.6. The first kappa shape index (κ1) is 24.7. The van der Waals surface area contributed by atoms with Crippen LogP contribution in [-0.2, 0) is 4.79 Å². The monoisotopic (exact) mass is 498 g/mol. The van der Waals surface area contributed by atoms with Gasteiger partial charge in [0.15, 0.2) is 5.82 Å². The van der Waals surface area contributed by atoms with Gasteiger partial charge in [-0.2, -0.15) is 10.2 Å². The number of hydrogen-bond acceptors (Lipinski definition) is 6. The normalized spacial score (nSPS) is 15.1. The molecule has 1 amide bonds. The minimum absolute atomic E-state index is 0.00622. The quantitative estimate of drug-likeness (QED) is 0.402. The largest absolute Gasteiger partial charge is 0.497 e. The maximum Gasteiger partial charge on any atom is 0.223 e. The van der Waals surface area contributed by atoms with E-state index in [0.29, 0.717) is 6.54 Å². The van der Waals surface area contributed by atoms with Crippen LogP contribution in [0.15, 0.2) is 54.6 Å². The molecule has 1 saturated heterocycles. The molecule has 1 aliphatic rings. The Labute approximate surface area is 217 Å². The molecule has 0 aliphatic carbocycles. The third-order valence-electron chi connectivity index (χ3n) is 7.42. The third kappa shape index (κ3) is 5.01. The van der Waals surface area contributed by atoms with E-state index in [4.69, 9.17) is 9.84 Å². The summed E-state index contributed by atoms with van der Waals surface area (Å²) in [6.07, 6.45) is 1.56. The number of piperidine rings is 1. The van der Waals surface area contributed by atoms with Crippen molar-refractivity contribution in [2.45, 2.75) is 39.5 Å². The van der Waals surface area contributed by atoms with Gasteiger partial charge in [-0.25, -0.2) is 4.68 Å². The lowest BCUT2D eigenvalue weighted by Crippen LogP contribution is -2.41. The Hall–Kier alpha value is -3.94. The van der Waals surface area contributed by atoms with E-state index in [9.17, 15) is 4.79 Å². The molecule has 3 heterocycles. The van der Waals surface area contributed by atoms with Crippen molar-refractivity contribution in [3.8, 4) is 11.4 Å². The van der Waals surface area contributed by atoms with Gasteiger partial charge in [0.1, 0.15) is 11.3 Å². The highest BCUT2D eigenvalue weighted by atomic mass is 16.5. The van der Waals surface area contributed by atoms with Gasteiger partial charge in [-0.15, -0.1) is 5.10 Å². The summed E-state index contributed by atoms with van der Waals surface area (Å²) in [6, 6.07) is 18.2. The number of aromatic nitrogens is 4. The molecule has 37 heavy (non-hydrogen) atoms. The van der Waals surface area contributed by atoms with Crippen molar-refractivity contribution >= 4 is 22.6 Å². The number of rotatable bonds is 7. The summed E-state index contributed by atoms with van der Waals surface area (Å²) in [5.74, 6) is 2.02. The van der Waals surface area contributed by atoms with Gasteiger partial charge in [0, 0.05) is 25.6 Å². The van der Waals surface area contributed by atoms with E-state index in [2.05, 4.69) is 46.4 Å². The number of aryl methyl sites for hydroxylation is 2. The van der Waals surface area contributed by atoms with Crippen molar-refractivity contribution < 1.29 is 9.53 Å². The van der Waals surface area contributed by atoms with Crippen LogP contribution in [0.4, 0.5) is 5.82 Å². The van der Waals surface area contributed by atoms with Gasteiger partial charge >= 0.3 is 0 Å². The number of fused-ring (bicyclic) bond motifs is 1. The molecule has 5 rings (SSSR count). The zero-order valence-corrected chi connectivity index (χ0v) is 21.9. The Morgan fingerprint density at radius 2 is 1.76 bits per heavy atom. The number of carbonyl (C=O) groups excluding carboxylic acids is 1. The van der Waals surface area contributed by atoms with E-state index in [0.717, 1.165) is 65.5 Å². The molecule has 8 heteroatoms. The number of carbonyl (C=O) groups is 1. The summed E-state index contributed by atoms with van der Waals surface area (Å²) < 4.78 is 7.24. The fourth-order valence-corrected chi connectivity index (χ4v) is 5.15. The van der Waals surface area contributed by atoms with Crippen LogP contribution in [0.3, 0.4) is 0 Å². The van der Waals surface area contributed by atoms with Crippen LogP contribution in [0.5, 0.6) is 5.75 Å². The molecule has 0 unspecified atom stereocenters. The predicted octanol–water partition coefficient (Wildman–Crippen LogP) is 4.58. The topological polar surface area (TPSA) is 85.2 Å². The van der Waals surface area contributed by atoms with E-state index in [1.807, 2.05) is 54.1 Å². The van der Waals surface area contributed by atoms with Gasteiger partial charge in [0.25, 0.3) is 0 Å². The van der Waals surface area contributed by atoms with E-state index in [1.165, 1.54) is 5.56 Å². The minimum Gasteiger partial charge on any atom is -0.497 e. The van der Waals surface area contributed by atoms with Crippen molar-refractivity contribution in [2.75, 3.05) is 31.6 Å². The molecule has 0 spiro atoms. The summed E-state index contributed by atoms with van der Waals surface area (Å²) in [5.41, 5.74) is 4.93. The van der Waals surface area contributed by atoms with Gasteiger partial charge < -0.3 is 15.0 Å². The number of benzene rings is 2. The lowest BCUT2D eigenvalue weighted by atomic mass is 9.95. The summed E-state index contributed by atoms with van der Waals surface area (Å²) in [4.78, 5) is 15.1. The molecule has 0 saturated carbocycles. The molecule has 192 valence electrons. The van der Waals surface area contributed by atoms with Crippen molar-refractivity contribution in [3.05, 3.63) is 71.5 Å². The number of methoxy groups -OCH3 is 1. The first-order valence-corrected chi connectivity index (χ1v) is 12.9. The predicted molar refractivity (Wildman–Crippen MR) is 145 cm³/mol. The standard InChI is InChI=1S/C29H34N6O2/c1-19(22-8-6-5-7-9-22)18-30-29(36)23-14-16-34(17-15-23)28-27-26(20(2)31-32-28)21(3)35(33-27)24-10-12-25(37-4)13-11-24/h5-13,19,23H,14-18H2,1-4H3,(H,30,36)/t19-/m1/s1. The maximum atomic E-state index is 12.9. The zero-order valence-electron chi connectivity index (χ0n) is 21.9. The molecule has 0 radical (unpaired) electrons. The van der Waals surface area contributed by atoms with Crippen LogP contribution < -0.4 is 15.0 Å². The number of amides is 1. The average Bonchev–Trinajstić information content (AvgIpc) is 3.30. The van der Waals surface area contributed by atoms with E-state index >= 15 is 0 Å². The second-order valence-corrected chi connectivity index (χ2v) is 9.85. The molecule has 1 N–H and O–H groups in total. The first-order chi connectivity index (χ1) is 18.0. The molecule has 8 nitrogen and oxygen atoms in total. The Morgan fingerprint density at radius 1 is 1.05 bits per heavy atom. The highest BCUT2D eigenvalue weighted by Gasteiger charge is 2.28. The van der Waals surface area contributed by atoms with Crippen LogP contribution in [0.2, 0.25) is 0 Å². The van der Waals surface area contributed by atoms with Crippen LogP contribution in [-0.4, -0.2) is 52.6 Å². The van der Waals surface area contributed by atoms with Crippen LogP contribution in [0.25, 0.3) is 16.6 Å². The second-order valence-electron chi connectivity index (χ2n) is 9.85. The average molecular weight is 499 g/mol. The number of nitrogens with one attached hydrogen (secondary N) is 1. The molecular formula is C29H34N6O2. The van der Waals surface area contributed by atoms with Gasteiger partial charge in [0.2, 0.25) is 5.91 Å². The Bertz CT molecular complexity index is 1380. The fourth-order valence-electron chi connectivity index (χ4n) is 5.15. The van der Waals surface area contributed by atoms with Gasteiger partial charge in [0.05, 0.1) is 29.6 Å². The van der Waals surface area contributed by atoms with E-state index in [-0.39, 0.29) is 17.7 Å². The molecule has 1 aliphatic heterocycles. The third-order valence-corrected chi connectivity index (χ3v) is 7.42. The summed E-state index contributed by atoms with van der Waals surface area (Å²) in [5, 5.41) is 18.2. The van der Waals surface area contributed by atoms with E-state index in [1.54, 1.807) is 7.11 Å². The molecule has 2 aromatic heterocycles. The highest BCUT2D eigenvalue weighted by Crippen LogP contribution is 2.32.